The first-order valence-corrected chi connectivity index (χ1v) is 4.57. The third-order valence-electron chi connectivity index (χ3n) is 2.19. The Morgan fingerprint density at radius 2 is 2.29 bits per heavy atom. The summed E-state index contributed by atoms with van der Waals surface area (Å²) in [5, 5.41) is 0. The molecule has 1 atom stereocenters. The van der Waals surface area contributed by atoms with Crippen molar-refractivity contribution in [3.8, 4) is 0 Å². The highest BCUT2D eigenvalue weighted by molar-refractivity contribution is 5.47. The second kappa shape index (κ2) is 4.23. The fourth-order valence-corrected chi connectivity index (χ4v) is 1.47. The van der Waals surface area contributed by atoms with Gasteiger partial charge in [-0.05, 0) is 5.56 Å². The van der Waals surface area contributed by atoms with E-state index >= 15 is 0 Å². The highest BCUT2D eigenvalue weighted by atomic mass is 16.6. The highest BCUT2D eigenvalue weighted by Crippen LogP contribution is 2.24. The lowest BCUT2D eigenvalue weighted by molar-refractivity contribution is -0.0901. The molecule has 0 bridgehead atoms. The third-order valence-corrected chi connectivity index (χ3v) is 2.19. The minimum Gasteiger partial charge on any atom is -0.376 e. The number of hydrogen-bond donors (Lipinski definition) is 0. The van der Waals surface area contributed by atoms with E-state index in [4.69, 9.17) is 16.0 Å². The van der Waals surface area contributed by atoms with E-state index in [1.807, 2.05) is 18.2 Å². The number of nitrogens with zero attached hydrogens (tertiary/aromatic N) is 1. The molecule has 72 valence electrons. The van der Waals surface area contributed by atoms with E-state index in [1.54, 1.807) is 6.07 Å². The van der Waals surface area contributed by atoms with Crippen molar-refractivity contribution in [3.05, 3.63) is 41.2 Å². The van der Waals surface area contributed by atoms with Crippen LogP contribution in [0, 0.1) is 6.57 Å². The summed E-state index contributed by atoms with van der Waals surface area (Å²) in [6.45, 7) is 8.79. The molecule has 0 aromatic heterocycles. The van der Waals surface area contributed by atoms with Gasteiger partial charge in [-0.25, -0.2) is 4.85 Å². The summed E-state index contributed by atoms with van der Waals surface area (Å²) in [6, 6.07) is 7.49. The largest absolute Gasteiger partial charge is 0.376 e. The zero-order chi connectivity index (χ0) is 9.80. The molecule has 0 N–H and O–H groups in total. The van der Waals surface area contributed by atoms with Crippen LogP contribution in [0.15, 0.2) is 24.3 Å². The van der Waals surface area contributed by atoms with Gasteiger partial charge in [-0.15, -0.1) is 0 Å². The van der Waals surface area contributed by atoms with Crippen LogP contribution in [0.4, 0.5) is 5.69 Å². The Balaban J connectivity index is 2.18. The van der Waals surface area contributed by atoms with Gasteiger partial charge in [0.05, 0.1) is 26.4 Å². The molecule has 3 heteroatoms. The first kappa shape index (κ1) is 9.20. The molecule has 1 unspecified atom stereocenters. The van der Waals surface area contributed by atoms with Gasteiger partial charge in [0.2, 0.25) is 0 Å². The standard InChI is InChI=1S/C11H11NO2/c1-12-10-4-2-3-9(7-10)11-8-13-5-6-14-11/h2-4,7,11H,5-6,8H2. The third kappa shape index (κ3) is 1.92. The minimum atomic E-state index is -0.00884. The molecular weight excluding hydrogens is 178 g/mol. The summed E-state index contributed by atoms with van der Waals surface area (Å²) in [7, 11) is 0. The Kier molecular flexibility index (Phi) is 2.78. The molecule has 2 rings (SSSR count). The van der Waals surface area contributed by atoms with Gasteiger partial charge in [0.15, 0.2) is 5.69 Å². The topological polar surface area (TPSA) is 22.8 Å². The van der Waals surface area contributed by atoms with Crippen LogP contribution >= 0.6 is 0 Å². The first-order valence-electron chi connectivity index (χ1n) is 4.57. The second-order valence-electron chi connectivity index (χ2n) is 3.14. The van der Waals surface area contributed by atoms with Crippen LogP contribution in [0.1, 0.15) is 11.7 Å². The molecule has 1 heterocycles. The molecule has 0 aliphatic carbocycles. The molecule has 0 amide bonds. The summed E-state index contributed by atoms with van der Waals surface area (Å²) >= 11 is 0. The molecular formula is C11H11NO2. The van der Waals surface area contributed by atoms with Gasteiger partial charge in [0, 0.05) is 0 Å². The van der Waals surface area contributed by atoms with E-state index in [1.165, 1.54) is 0 Å². The van der Waals surface area contributed by atoms with E-state index in [0.29, 0.717) is 25.5 Å². The van der Waals surface area contributed by atoms with Gasteiger partial charge in [-0.3, -0.25) is 0 Å². The van der Waals surface area contributed by atoms with Gasteiger partial charge < -0.3 is 9.47 Å². The molecule has 0 radical (unpaired) electrons. The normalized spacial score (nSPS) is 21.5. The summed E-state index contributed by atoms with van der Waals surface area (Å²) in [5.41, 5.74) is 1.68. The molecule has 1 aliphatic heterocycles. The quantitative estimate of drug-likeness (QED) is 0.633. The van der Waals surface area contributed by atoms with Gasteiger partial charge in [-0.2, -0.15) is 0 Å². The van der Waals surface area contributed by atoms with E-state index < -0.39 is 0 Å². The molecule has 1 aliphatic rings. The maximum Gasteiger partial charge on any atom is 0.187 e. The van der Waals surface area contributed by atoms with Crippen molar-refractivity contribution in [3.63, 3.8) is 0 Å². The molecule has 0 spiro atoms. The molecule has 3 nitrogen and oxygen atoms in total. The Labute approximate surface area is 83.1 Å². The van der Waals surface area contributed by atoms with Crippen LogP contribution in [-0.2, 0) is 9.47 Å². The number of benzene rings is 1. The zero-order valence-electron chi connectivity index (χ0n) is 7.77. The Morgan fingerprint density at radius 3 is 3.00 bits per heavy atom. The van der Waals surface area contributed by atoms with Crippen molar-refractivity contribution in [2.75, 3.05) is 19.8 Å². The van der Waals surface area contributed by atoms with Crippen molar-refractivity contribution in [1.82, 2.24) is 0 Å². The van der Waals surface area contributed by atoms with E-state index in [9.17, 15) is 0 Å². The predicted octanol–water partition coefficient (Wildman–Crippen LogP) is 2.33. The SMILES string of the molecule is [C-]#[N+]c1cccc(C2COCCO2)c1. The van der Waals surface area contributed by atoms with Crippen LogP contribution in [0.25, 0.3) is 4.85 Å². The molecule has 0 saturated carbocycles. The monoisotopic (exact) mass is 189 g/mol. The van der Waals surface area contributed by atoms with Crippen LogP contribution < -0.4 is 0 Å². The Bertz CT molecular complexity index is 351. The van der Waals surface area contributed by atoms with E-state index in [0.717, 1.165) is 5.56 Å². The van der Waals surface area contributed by atoms with Crippen LogP contribution in [0.5, 0.6) is 0 Å². The average molecular weight is 189 g/mol. The maximum atomic E-state index is 6.91. The van der Waals surface area contributed by atoms with Crippen molar-refractivity contribution in [1.29, 1.82) is 0 Å². The number of ether oxygens (including phenoxy) is 2. The van der Waals surface area contributed by atoms with Gasteiger partial charge >= 0.3 is 0 Å². The predicted molar refractivity (Wildman–Crippen MR) is 52.2 cm³/mol. The lowest BCUT2D eigenvalue weighted by Gasteiger charge is -2.23. The zero-order valence-corrected chi connectivity index (χ0v) is 7.77. The Morgan fingerprint density at radius 1 is 1.36 bits per heavy atom. The fourth-order valence-electron chi connectivity index (χ4n) is 1.47. The van der Waals surface area contributed by atoms with Crippen LogP contribution in [0.3, 0.4) is 0 Å². The summed E-state index contributed by atoms with van der Waals surface area (Å²) in [5.74, 6) is 0. The van der Waals surface area contributed by atoms with Gasteiger partial charge in [-0.1, -0.05) is 24.3 Å². The fraction of sp³-hybridized carbons (Fsp3) is 0.364. The smallest absolute Gasteiger partial charge is 0.187 e. The van der Waals surface area contributed by atoms with Gasteiger partial charge in [0.25, 0.3) is 0 Å². The van der Waals surface area contributed by atoms with Gasteiger partial charge in [0.1, 0.15) is 6.10 Å². The van der Waals surface area contributed by atoms with Crippen molar-refractivity contribution in [2.24, 2.45) is 0 Å². The van der Waals surface area contributed by atoms with Crippen molar-refractivity contribution < 1.29 is 9.47 Å². The molecule has 1 fully saturated rings. The molecule has 1 aromatic carbocycles. The number of rotatable bonds is 1. The van der Waals surface area contributed by atoms with Crippen molar-refractivity contribution in [2.45, 2.75) is 6.10 Å². The maximum absolute atomic E-state index is 6.91. The summed E-state index contributed by atoms with van der Waals surface area (Å²) in [6.07, 6.45) is -0.00884. The average Bonchev–Trinajstić information content (AvgIpc) is 2.30. The highest BCUT2D eigenvalue weighted by Gasteiger charge is 2.16. The Hall–Kier alpha value is -1.37. The van der Waals surface area contributed by atoms with Crippen LogP contribution in [0.2, 0.25) is 0 Å². The molecule has 1 saturated heterocycles. The van der Waals surface area contributed by atoms with Crippen molar-refractivity contribution >= 4 is 5.69 Å². The summed E-state index contributed by atoms with van der Waals surface area (Å²) in [4.78, 5) is 3.38. The van der Waals surface area contributed by atoms with E-state index in [2.05, 4.69) is 4.85 Å². The van der Waals surface area contributed by atoms with E-state index in [-0.39, 0.29) is 6.10 Å². The first-order chi connectivity index (χ1) is 6.90. The minimum absolute atomic E-state index is 0.00884. The molecule has 1 aromatic rings. The second-order valence-corrected chi connectivity index (χ2v) is 3.14. The number of hydrogen-bond acceptors (Lipinski definition) is 2. The summed E-state index contributed by atoms with van der Waals surface area (Å²) < 4.78 is 10.8. The van der Waals surface area contributed by atoms with Crippen LogP contribution in [-0.4, -0.2) is 19.8 Å². The lowest BCUT2D eigenvalue weighted by Crippen LogP contribution is -2.21. The lowest BCUT2D eigenvalue weighted by atomic mass is 10.1. The molecule has 14 heavy (non-hydrogen) atoms.